The van der Waals surface area contributed by atoms with E-state index in [9.17, 15) is 12.8 Å². The molecule has 2 aliphatic rings. The third-order valence-corrected chi connectivity index (χ3v) is 7.73. The van der Waals surface area contributed by atoms with Crippen molar-refractivity contribution in [3.63, 3.8) is 0 Å². The second kappa shape index (κ2) is 6.95. The van der Waals surface area contributed by atoms with Gasteiger partial charge in [-0.2, -0.15) is 4.31 Å². The molecule has 1 aromatic carbocycles. The van der Waals surface area contributed by atoms with Crippen molar-refractivity contribution in [1.82, 2.24) is 9.21 Å². The van der Waals surface area contributed by atoms with E-state index in [0.29, 0.717) is 31.2 Å². The first-order valence-corrected chi connectivity index (χ1v) is 10.2. The van der Waals surface area contributed by atoms with Crippen LogP contribution in [0.3, 0.4) is 0 Å². The summed E-state index contributed by atoms with van der Waals surface area (Å²) in [4.78, 5) is 2.50. The molecular formula is C18H27FN2O3S. The summed E-state index contributed by atoms with van der Waals surface area (Å²) < 4.78 is 46.2. The minimum Gasteiger partial charge on any atom is -0.384 e. The predicted octanol–water partition coefficient (Wildman–Crippen LogP) is 2.11. The van der Waals surface area contributed by atoms with Crippen LogP contribution >= 0.6 is 0 Å². The minimum absolute atomic E-state index is 0.134. The molecule has 0 saturated carbocycles. The maximum Gasteiger partial charge on any atom is 0.243 e. The molecule has 0 aliphatic carbocycles. The van der Waals surface area contributed by atoms with Gasteiger partial charge in [-0.05, 0) is 56.0 Å². The van der Waals surface area contributed by atoms with Crippen molar-refractivity contribution in [3.8, 4) is 0 Å². The van der Waals surface area contributed by atoms with Gasteiger partial charge in [-0.15, -0.1) is 0 Å². The highest BCUT2D eigenvalue weighted by molar-refractivity contribution is 7.89. The molecule has 2 aliphatic heterocycles. The van der Waals surface area contributed by atoms with E-state index in [1.54, 1.807) is 18.3 Å². The molecule has 0 amide bonds. The monoisotopic (exact) mass is 370 g/mol. The largest absolute Gasteiger partial charge is 0.384 e. The zero-order valence-electron chi connectivity index (χ0n) is 15.2. The maximum atomic E-state index is 13.5. The fourth-order valence-electron chi connectivity index (χ4n) is 4.40. The Kier molecular flexibility index (Phi) is 5.21. The molecule has 1 aromatic rings. The Balaban J connectivity index is 1.76. The van der Waals surface area contributed by atoms with Crippen molar-refractivity contribution in [2.75, 3.05) is 46.9 Å². The van der Waals surface area contributed by atoms with Gasteiger partial charge in [0, 0.05) is 39.2 Å². The van der Waals surface area contributed by atoms with Crippen LogP contribution in [0.5, 0.6) is 0 Å². The first-order valence-electron chi connectivity index (χ1n) is 8.72. The van der Waals surface area contributed by atoms with Gasteiger partial charge in [0.2, 0.25) is 10.0 Å². The first kappa shape index (κ1) is 18.8. The summed E-state index contributed by atoms with van der Waals surface area (Å²) in [5, 5.41) is 0. The molecule has 2 fully saturated rings. The summed E-state index contributed by atoms with van der Waals surface area (Å²) >= 11 is 0. The SMILES string of the molecule is COCC1CN(C)CC12CCN(S(=O)(=O)c1ccc(F)c(C)c1)CC2. The number of benzene rings is 1. The van der Waals surface area contributed by atoms with Gasteiger partial charge in [-0.25, -0.2) is 12.8 Å². The van der Waals surface area contributed by atoms with E-state index in [1.165, 1.54) is 18.2 Å². The molecule has 0 radical (unpaired) electrons. The lowest BCUT2D eigenvalue weighted by molar-refractivity contribution is 0.0569. The van der Waals surface area contributed by atoms with Gasteiger partial charge in [0.15, 0.2) is 0 Å². The van der Waals surface area contributed by atoms with E-state index in [1.807, 2.05) is 0 Å². The summed E-state index contributed by atoms with van der Waals surface area (Å²) in [6.45, 7) is 5.31. The Labute approximate surface area is 149 Å². The molecule has 25 heavy (non-hydrogen) atoms. The number of likely N-dealkylation sites (tertiary alicyclic amines) is 1. The second-order valence-electron chi connectivity index (χ2n) is 7.53. The zero-order chi connectivity index (χ0) is 18.2. The number of rotatable bonds is 4. The fraction of sp³-hybridized carbons (Fsp3) is 0.667. The van der Waals surface area contributed by atoms with E-state index >= 15 is 0 Å². The average molecular weight is 370 g/mol. The van der Waals surface area contributed by atoms with Crippen LogP contribution in [-0.4, -0.2) is 64.6 Å². The Morgan fingerprint density at radius 3 is 2.60 bits per heavy atom. The Morgan fingerprint density at radius 1 is 1.32 bits per heavy atom. The van der Waals surface area contributed by atoms with Crippen LogP contribution in [0.15, 0.2) is 23.1 Å². The molecule has 1 unspecified atom stereocenters. The molecule has 2 saturated heterocycles. The normalized spacial score (nSPS) is 24.9. The molecule has 140 valence electrons. The van der Waals surface area contributed by atoms with Gasteiger partial charge in [-0.3, -0.25) is 0 Å². The quantitative estimate of drug-likeness (QED) is 0.815. The van der Waals surface area contributed by atoms with Crippen molar-refractivity contribution in [2.24, 2.45) is 11.3 Å². The lowest BCUT2D eigenvalue weighted by Crippen LogP contribution is -2.47. The summed E-state index contributed by atoms with van der Waals surface area (Å²) in [6.07, 6.45) is 1.68. The van der Waals surface area contributed by atoms with Crippen LogP contribution in [0.4, 0.5) is 4.39 Å². The van der Waals surface area contributed by atoms with Gasteiger partial charge in [0.1, 0.15) is 5.82 Å². The fourth-order valence-corrected chi connectivity index (χ4v) is 5.92. The van der Waals surface area contributed by atoms with Gasteiger partial charge in [0.25, 0.3) is 0 Å². The summed E-state index contributed by atoms with van der Waals surface area (Å²) in [7, 11) is 0.269. The summed E-state index contributed by atoms with van der Waals surface area (Å²) in [5.74, 6) is 0.0633. The Bertz CT molecular complexity index is 730. The van der Waals surface area contributed by atoms with Crippen LogP contribution in [0.25, 0.3) is 0 Å². The Hall–Kier alpha value is -1.02. The number of halogens is 1. The minimum atomic E-state index is -3.57. The van der Waals surface area contributed by atoms with Crippen molar-refractivity contribution in [2.45, 2.75) is 24.7 Å². The zero-order valence-corrected chi connectivity index (χ0v) is 16.0. The van der Waals surface area contributed by atoms with Crippen LogP contribution in [-0.2, 0) is 14.8 Å². The lowest BCUT2D eigenvalue weighted by atomic mass is 9.71. The second-order valence-corrected chi connectivity index (χ2v) is 9.46. The third-order valence-electron chi connectivity index (χ3n) is 5.84. The van der Waals surface area contributed by atoms with E-state index in [2.05, 4.69) is 11.9 Å². The van der Waals surface area contributed by atoms with Crippen molar-refractivity contribution < 1.29 is 17.5 Å². The van der Waals surface area contributed by atoms with Gasteiger partial charge in [-0.1, -0.05) is 0 Å². The number of sulfonamides is 1. The molecule has 0 aromatic heterocycles. The van der Waals surface area contributed by atoms with E-state index in [4.69, 9.17) is 4.74 Å². The van der Waals surface area contributed by atoms with E-state index in [0.717, 1.165) is 25.9 Å². The van der Waals surface area contributed by atoms with Crippen molar-refractivity contribution in [3.05, 3.63) is 29.6 Å². The highest BCUT2D eigenvalue weighted by atomic mass is 32.2. The van der Waals surface area contributed by atoms with Crippen LogP contribution in [0.1, 0.15) is 18.4 Å². The van der Waals surface area contributed by atoms with Crippen LogP contribution in [0, 0.1) is 24.1 Å². The molecule has 1 spiro atoms. The number of nitrogens with zero attached hydrogens (tertiary/aromatic N) is 2. The van der Waals surface area contributed by atoms with E-state index < -0.39 is 10.0 Å². The molecule has 3 rings (SSSR count). The molecule has 0 bridgehead atoms. The smallest absolute Gasteiger partial charge is 0.243 e. The van der Waals surface area contributed by atoms with Crippen LogP contribution in [0.2, 0.25) is 0 Å². The Morgan fingerprint density at radius 2 is 2.00 bits per heavy atom. The van der Waals surface area contributed by atoms with Gasteiger partial charge in [0.05, 0.1) is 11.5 Å². The summed E-state index contributed by atoms with van der Waals surface area (Å²) in [5.41, 5.74) is 0.488. The molecule has 1 atom stereocenters. The standard InChI is InChI=1S/C18H27FN2O3S/c1-14-10-16(4-5-17(14)19)25(22,23)21-8-6-18(7-9-21)13-20(2)11-15(18)12-24-3/h4-5,10,15H,6-9,11-13H2,1-3H3. The number of hydrogen-bond acceptors (Lipinski definition) is 4. The molecule has 7 heteroatoms. The number of piperidine rings is 1. The molecule has 2 heterocycles. The maximum absolute atomic E-state index is 13.5. The third kappa shape index (κ3) is 3.47. The number of hydrogen-bond donors (Lipinski definition) is 0. The number of methoxy groups -OCH3 is 1. The van der Waals surface area contributed by atoms with E-state index in [-0.39, 0.29) is 16.1 Å². The molecule has 0 N–H and O–H groups in total. The highest BCUT2D eigenvalue weighted by Gasteiger charge is 2.48. The van der Waals surface area contributed by atoms with Gasteiger partial charge >= 0.3 is 0 Å². The van der Waals surface area contributed by atoms with Gasteiger partial charge < -0.3 is 9.64 Å². The predicted molar refractivity (Wildman–Crippen MR) is 94.4 cm³/mol. The topological polar surface area (TPSA) is 49.9 Å². The number of ether oxygens (including phenoxy) is 1. The lowest BCUT2D eigenvalue weighted by Gasteiger charge is -2.42. The summed E-state index contributed by atoms with van der Waals surface area (Å²) in [6, 6.07) is 4.01. The van der Waals surface area contributed by atoms with Crippen LogP contribution < -0.4 is 0 Å². The van der Waals surface area contributed by atoms with Crippen molar-refractivity contribution in [1.29, 1.82) is 0 Å². The average Bonchev–Trinajstić information content (AvgIpc) is 2.86. The van der Waals surface area contributed by atoms with Crippen molar-refractivity contribution >= 4 is 10.0 Å². The number of aryl methyl sites for hydroxylation is 1. The highest BCUT2D eigenvalue weighted by Crippen LogP contribution is 2.45. The first-order chi connectivity index (χ1) is 11.8. The molecular weight excluding hydrogens is 343 g/mol. The molecule has 5 nitrogen and oxygen atoms in total.